The average Bonchev–Trinajstić information content (AvgIpc) is 2.59. The van der Waals surface area contributed by atoms with E-state index in [4.69, 9.17) is 9.47 Å². The lowest BCUT2D eigenvalue weighted by Gasteiger charge is -2.06. The largest absolute Gasteiger partial charge is 0.457 e. The summed E-state index contributed by atoms with van der Waals surface area (Å²) in [6.45, 7) is 5.03. The molecule has 0 amide bonds. The molecule has 0 bridgehead atoms. The number of ether oxygens (including phenoxy) is 2. The first-order valence-electron chi connectivity index (χ1n) is 10.1. The van der Waals surface area contributed by atoms with E-state index in [1.807, 2.05) is 0 Å². The molecule has 0 rings (SSSR count). The Bertz CT molecular complexity index is 302. The number of esters is 2. The van der Waals surface area contributed by atoms with Crippen LogP contribution >= 0.6 is 0 Å². The highest BCUT2D eigenvalue weighted by Crippen LogP contribution is 2.08. The van der Waals surface area contributed by atoms with Gasteiger partial charge in [0.25, 0.3) is 0 Å². The molecule has 142 valence electrons. The number of hydrogen-bond acceptors (Lipinski definition) is 4. The van der Waals surface area contributed by atoms with Crippen molar-refractivity contribution in [3.63, 3.8) is 0 Å². The van der Waals surface area contributed by atoms with E-state index in [0.29, 0.717) is 13.2 Å². The summed E-state index contributed by atoms with van der Waals surface area (Å²) >= 11 is 0. The fourth-order valence-corrected chi connectivity index (χ4v) is 2.57. The van der Waals surface area contributed by atoms with Crippen LogP contribution in [0.15, 0.2) is 0 Å². The van der Waals surface area contributed by atoms with Crippen LogP contribution in [0.1, 0.15) is 104 Å². The Balaban J connectivity index is 3.35. The zero-order valence-electron chi connectivity index (χ0n) is 15.9. The summed E-state index contributed by atoms with van der Waals surface area (Å²) in [4.78, 5) is 22.9. The molecule has 0 saturated carbocycles. The summed E-state index contributed by atoms with van der Waals surface area (Å²) in [5, 5.41) is 0. The lowest BCUT2D eigenvalue weighted by molar-refractivity contribution is -0.167. The third-order valence-electron chi connectivity index (χ3n) is 4.13. The average molecular weight is 343 g/mol. The Morgan fingerprint density at radius 2 is 0.792 bits per heavy atom. The van der Waals surface area contributed by atoms with Crippen LogP contribution in [0.25, 0.3) is 0 Å². The number of carbonyl (C=O) groups is 2. The molecular weight excluding hydrogens is 304 g/mol. The van der Waals surface area contributed by atoms with E-state index in [-0.39, 0.29) is 0 Å². The Kier molecular flexibility index (Phi) is 17.5. The quantitative estimate of drug-likeness (QED) is 0.209. The molecule has 0 saturated heterocycles. The van der Waals surface area contributed by atoms with E-state index in [1.165, 1.54) is 57.8 Å². The molecule has 0 aromatic heterocycles. The highest BCUT2D eigenvalue weighted by molar-refractivity contribution is 6.29. The van der Waals surface area contributed by atoms with Crippen molar-refractivity contribution in [2.75, 3.05) is 13.2 Å². The van der Waals surface area contributed by atoms with Crippen molar-refractivity contribution in [2.45, 2.75) is 104 Å². The zero-order chi connectivity index (χ0) is 17.9. The second-order valence-electron chi connectivity index (χ2n) is 6.51. The van der Waals surface area contributed by atoms with Crippen LogP contribution in [0, 0.1) is 0 Å². The second-order valence-corrected chi connectivity index (χ2v) is 6.51. The van der Waals surface area contributed by atoms with Gasteiger partial charge in [-0.25, -0.2) is 9.59 Å². The summed E-state index contributed by atoms with van der Waals surface area (Å²) in [6.07, 6.45) is 16.2. The lowest BCUT2D eigenvalue weighted by Crippen LogP contribution is -2.21. The number of unbranched alkanes of at least 4 members (excludes halogenated alkanes) is 12. The van der Waals surface area contributed by atoms with Crippen LogP contribution in [-0.2, 0) is 19.1 Å². The van der Waals surface area contributed by atoms with E-state index in [2.05, 4.69) is 13.8 Å². The van der Waals surface area contributed by atoms with Crippen LogP contribution < -0.4 is 0 Å². The van der Waals surface area contributed by atoms with E-state index < -0.39 is 11.9 Å². The molecule has 0 unspecified atom stereocenters. The summed E-state index contributed by atoms with van der Waals surface area (Å²) in [5.41, 5.74) is 0. The van der Waals surface area contributed by atoms with Crippen molar-refractivity contribution in [3.8, 4) is 0 Å². The number of hydrogen-bond donors (Lipinski definition) is 0. The monoisotopic (exact) mass is 342 g/mol. The van der Waals surface area contributed by atoms with Crippen molar-refractivity contribution in [3.05, 3.63) is 0 Å². The molecule has 4 heteroatoms. The molecule has 0 aliphatic heterocycles. The first kappa shape index (κ1) is 22.9. The molecule has 0 aromatic rings. The molecule has 0 aromatic carbocycles. The first-order chi connectivity index (χ1) is 11.7. The first-order valence-corrected chi connectivity index (χ1v) is 10.1. The van der Waals surface area contributed by atoms with Crippen molar-refractivity contribution in [1.29, 1.82) is 0 Å². The maximum absolute atomic E-state index is 11.5. The highest BCUT2D eigenvalue weighted by Gasteiger charge is 2.16. The Morgan fingerprint density at radius 3 is 1.12 bits per heavy atom. The minimum Gasteiger partial charge on any atom is -0.457 e. The van der Waals surface area contributed by atoms with Gasteiger partial charge in [-0.15, -0.1) is 0 Å². The summed E-state index contributed by atoms with van der Waals surface area (Å²) in [5.74, 6) is -1.69. The van der Waals surface area contributed by atoms with Gasteiger partial charge in [-0.3, -0.25) is 0 Å². The van der Waals surface area contributed by atoms with Gasteiger partial charge in [0, 0.05) is 0 Å². The van der Waals surface area contributed by atoms with Gasteiger partial charge in [0.1, 0.15) is 0 Å². The highest BCUT2D eigenvalue weighted by atomic mass is 16.6. The smallest absolute Gasteiger partial charge is 0.417 e. The maximum atomic E-state index is 11.5. The van der Waals surface area contributed by atoms with Gasteiger partial charge in [0.15, 0.2) is 0 Å². The molecule has 0 heterocycles. The number of rotatable bonds is 16. The van der Waals surface area contributed by atoms with Gasteiger partial charge in [-0.1, -0.05) is 90.9 Å². The molecule has 0 spiro atoms. The predicted molar refractivity (Wildman–Crippen MR) is 97.9 cm³/mol. The third kappa shape index (κ3) is 15.8. The fraction of sp³-hybridized carbons (Fsp3) is 0.900. The standard InChI is InChI=1S/C20H38O4/c1-3-5-7-9-11-12-14-16-18-24-20(22)19(21)23-17-15-13-10-8-6-4-2/h3-18H2,1-2H3. The van der Waals surface area contributed by atoms with Crippen LogP contribution in [0.2, 0.25) is 0 Å². The SMILES string of the molecule is CCCCCCCCCCOC(=O)C(=O)OCCCCCCCC. The number of carbonyl (C=O) groups excluding carboxylic acids is 2. The molecule has 4 nitrogen and oxygen atoms in total. The summed E-state index contributed by atoms with van der Waals surface area (Å²) in [7, 11) is 0. The fourth-order valence-electron chi connectivity index (χ4n) is 2.57. The minimum absolute atomic E-state index is 0.317. The molecule has 0 fully saturated rings. The Morgan fingerprint density at radius 1 is 0.500 bits per heavy atom. The molecule has 0 aliphatic carbocycles. The van der Waals surface area contributed by atoms with E-state index in [0.717, 1.165) is 32.1 Å². The van der Waals surface area contributed by atoms with Crippen molar-refractivity contribution < 1.29 is 19.1 Å². The van der Waals surface area contributed by atoms with Crippen LogP contribution in [0.3, 0.4) is 0 Å². The normalized spacial score (nSPS) is 10.6. The van der Waals surface area contributed by atoms with Gasteiger partial charge >= 0.3 is 11.9 Å². The van der Waals surface area contributed by atoms with Crippen LogP contribution in [-0.4, -0.2) is 25.2 Å². The third-order valence-corrected chi connectivity index (χ3v) is 4.13. The van der Waals surface area contributed by atoms with Gasteiger partial charge in [0.2, 0.25) is 0 Å². The minimum atomic E-state index is -0.844. The van der Waals surface area contributed by atoms with Gasteiger partial charge in [-0.05, 0) is 12.8 Å². The molecule has 0 atom stereocenters. The summed E-state index contributed by atoms with van der Waals surface area (Å²) in [6, 6.07) is 0. The molecule has 0 radical (unpaired) electrons. The van der Waals surface area contributed by atoms with Crippen LogP contribution in [0.4, 0.5) is 0 Å². The molecule has 24 heavy (non-hydrogen) atoms. The van der Waals surface area contributed by atoms with Crippen LogP contribution in [0.5, 0.6) is 0 Å². The maximum Gasteiger partial charge on any atom is 0.417 e. The zero-order valence-corrected chi connectivity index (χ0v) is 15.9. The topological polar surface area (TPSA) is 52.6 Å². The predicted octanol–water partition coefficient (Wildman–Crippen LogP) is 5.57. The second kappa shape index (κ2) is 18.3. The van der Waals surface area contributed by atoms with Crippen molar-refractivity contribution in [2.24, 2.45) is 0 Å². The van der Waals surface area contributed by atoms with Gasteiger partial charge < -0.3 is 9.47 Å². The van der Waals surface area contributed by atoms with E-state index in [1.54, 1.807) is 0 Å². The van der Waals surface area contributed by atoms with Gasteiger partial charge in [-0.2, -0.15) is 0 Å². The van der Waals surface area contributed by atoms with E-state index in [9.17, 15) is 9.59 Å². The molecule has 0 aliphatic rings. The van der Waals surface area contributed by atoms with Crippen molar-refractivity contribution >= 4 is 11.9 Å². The molecule has 0 N–H and O–H groups in total. The molecular formula is C20H38O4. The van der Waals surface area contributed by atoms with Gasteiger partial charge in [0.05, 0.1) is 13.2 Å². The van der Waals surface area contributed by atoms with Crippen molar-refractivity contribution in [1.82, 2.24) is 0 Å². The lowest BCUT2D eigenvalue weighted by atomic mass is 10.1. The summed E-state index contributed by atoms with van der Waals surface area (Å²) < 4.78 is 9.88. The Hall–Kier alpha value is -1.06. The van der Waals surface area contributed by atoms with E-state index >= 15 is 0 Å². The Labute approximate surface area is 148 Å².